The highest BCUT2D eigenvalue weighted by Gasteiger charge is 2.48. The lowest BCUT2D eigenvalue weighted by Gasteiger charge is -2.23. The fourth-order valence-electron chi connectivity index (χ4n) is 5.46. The second-order valence-corrected chi connectivity index (χ2v) is 12.8. The molecule has 0 spiro atoms. The Labute approximate surface area is 280 Å². The van der Waals surface area contributed by atoms with E-state index in [1.54, 1.807) is 49.6 Å². The molecule has 0 aliphatic carbocycles. The lowest BCUT2D eigenvalue weighted by Crippen LogP contribution is -2.29. The minimum Gasteiger partial charge on any atom is -0.507 e. The van der Waals surface area contributed by atoms with Crippen LogP contribution in [-0.4, -0.2) is 47.3 Å². The van der Waals surface area contributed by atoms with E-state index in [0.717, 1.165) is 22.8 Å². The molecule has 1 saturated heterocycles. The molecule has 11 heteroatoms. The lowest BCUT2D eigenvalue weighted by molar-refractivity contribution is -0.132. The zero-order chi connectivity index (χ0) is 32.9. The third-order valence-corrected chi connectivity index (χ3v) is 9.79. The first-order valence-corrected chi connectivity index (χ1v) is 17.0. The van der Waals surface area contributed by atoms with E-state index < -0.39 is 17.7 Å². The van der Waals surface area contributed by atoms with Gasteiger partial charge in [-0.05, 0) is 71.6 Å². The van der Waals surface area contributed by atoms with Gasteiger partial charge < -0.3 is 19.3 Å². The van der Waals surface area contributed by atoms with Crippen LogP contribution in [0.25, 0.3) is 16.5 Å². The van der Waals surface area contributed by atoms with Crippen molar-refractivity contribution >= 4 is 56.5 Å². The SMILES string of the molecule is CCCOc1ccc(C2/C(=C(\O)c3ccc(OC)cc3)C(=O)C(=O)N2c2nnc(SCc3cccc4ccccc34)s2)cc1OCC. The quantitative estimate of drug-likeness (QED) is 0.0468. The van der Waals surface area contributed by atoms with E-state index in [4.69, 9.17) is 14.2 Å². The summed E-state index contributed by atoms with van der Waals surface area (Å²) in [5.41, 5.74) is 2.00. The highest BCUT2D eigenvalue weighted by Crippen LogP contribution is 2.46. The molecule has 2 heterocycles. The van der Waals surface area contributed by atoms with Crippen molar-refractivity contribution in [2.24, 2.45) is 0 Å². The number of nitrogens with zero attached hydrogens (tertiary/aromatic N) is 3. The number of hydrogen-bond donors (Lipinski definition) is 1. The van der Waals surface area contributed by atoms with Crippen LogP contribution in [-0.2, 0) is 15.3 Å². The number of thioether (sulfide) groups is 1. The average molecular weight is 668 g/mol. The maximum atomic E-state index is 13.8. The fourth-order valence-corrected chi connectivity index (χ4v) is 7.33. The van der Waals surface area contributed by atoms with E-state index in [-0.39, 0.29) is 16.5 Å². The molecule has 1 fully saturated rings. The number of rotatable bonds is 12. The van der Waals surface area contributed by atoms with E-state index in [1.165, 1.54) is 28.0 Å². The summed E-state index contributed by atoms with van der Waals surface area (Å²) in [5.74, 6) is 0.309. The number of carbonyl (C=O) groups excluding carboxylic acids is 2. The van der Waals surface area contributed by atoms with Crippen molar-refractivity contribution in [2.75, 3.05) is 25.2 Å². The van der Waals surface area contributed by atoms with Crippen molar-refractivity contribution in [3.05, 3.63) is 107 Å². The number of ketones is 1. The number of aromatic nitrogens is 2. The Balaban J connectivity index is 1.40. The summed E-state index contributed by atoms with van der Waals surface area (Å²) in [6.07, 6.45) is 0.813. The van der Waals surface area contributed by atoms with E-state index >= 15 is 0 Å². The minimum absolute atomic E-state index is 0.0648. The minimum atomic E-state index is -1.000. The van der Waals surface area contributed by atoms with Crippen molar-refractivity contribution in [3.63, 3.8) is 0 Å². The molecular weight excluding hydrogens is 635 g/mol. The standard InChI is InChI=1S/C36H33N3O6S2/c1-4-19-45-28-18-15-24(20-29(28)44-5-2)31-30(32(40)23-13-16-26(43-3)17-14-23)33(41)34(42)39(31)35-37-38-36(47-35)46-21-25-11-8-10-22-9-6-7-12-27(22)25/h6-18,20,31,40H,4-5,19,21H2,1-3H3/b32-30+. The molecule has 1 aliphatic heterocycles. The molecule has 5 aromatic rings. The number of carbonyl (C=O) groups is 2. The predicted molar refractivity (Wildman–Crippen MR) is 185 cm³/mol. The number of methoxy groups -OCH3 is 1. The Kier molecular flexibility index (Phi) is 9.74. The van der Waals surface area contributed by atoms with Gasteiger partial charge in [0.1, 0.15) is 11.5 Å². The number of amides is 1. The first-order chi connectivity index (χ1) is 22.9. The number of ether oxygens (including phenoxy) is 3. The molecule has 1 N–H and O–H groups in total. The molecule has 1 atom stereocenters. The Bertz CT molecular complexity index is 1950. The van der Waals surface area contributed by atoms with Gasteiger partial charge in [-0.2, -0.15) is 0 Å². The lowest BCUT2D eigenvalue weighted by atomic mass is 9.95. The Morgan fingerprint density at radius 2 is 1.72 bits per heavy atom. The Morgan fingerprint density at radius 3 is 2.49 bits per heavy atom. The summed E-state index contributed by atoms with van der Waals surface area (Å²) in [5, 5.41) is 22.9. The topological polar surface area (TPSA) is 111 Å². The van der Waals surface area contributed by atoms with E-state index in [9.17, 15) is 14.7 Å². The largest absolute Gasteiger partial charge is 0.507 e. The summed E-state index contributed by atoms with van der Waals surface area (Å²) < 4.78 is 17.7. The smallest absolute Gasteiger partial charge is 0.301 e. The molecule has 1 aliphatic rings. The first-order valence-electron chi connectivity index (χ1n) is 15.2. The summed E-state index contributed by atoms with van der Waals surface area (Å²) in [7, 11) is 1.54. The van der Waals surface area contributed by atoms with E-state index in [1.807, 2.05) is 32.0 Å². The predicted octanol–water partition coefficient (Wildman–Crippen LogP) is 7.81. The van der Waals surface area contributed by atoms with Crippen LogP contribution in [0.3, 0.4) is 0 Å². The first kappa shape index (κ1) is 32.1. The highest BCUT2D eigenvalue weighted by atomic mass is 32.2. The molecule has 9 nitrogen and oxygen atoms in total. The summed E-state index contributed by atoms with van der Waals surface area (Å²) in [6, 6.07) is 25.3. The van der Waals surface area contributed by atoms with Gasteiger partial charge in [0, 0.05) is 11.3 Å². The van der Waals surface area contributed by atoms with Gasteiger partial charge >= 0.3 is 5.91 Å². The Morgan fingerprint density at radius 1 is 0.936 bits per heavy atom. The van der Waals surface area contributed by atoms with Crippen molar-refractivity contribution in [2.45, 2.75) is 36.4 Å². The number of aliphatic hydroxyl groups excluding tert-OH is 1. The van der Waals surface area contributed by atoms with Crippen LogP contribution < -0.4 is 19.1 Å². The third kappa shape index (κ3) is 6.54. The number of anilines is 1. The maximum absolute atomic E-state index is 13.8. The van der Waals surface area contributed by atoms with Crippen molar-refractivity contribution in [1.82, 2.24) is 10.2 Å². The van der Waals surface area contributed by atoms with Gasteiger partial charge in [0.05, 0.1) is 31.9 Å². The van der Waals surface area contributed by atoms with Crippen LogP contribution in [0.5, 0.6) is 17.2 Å². The molecule has 1 amide bonds. The van der Waals surface area contributed by atoms with Crippen molar-refractivity contribution in [1.29, 1.82) is 0 Å². The zero-order valence-corrected chi connectivity index (χ0v) is 27.8. The number of benzene rings is 4. The maximum Gasteiger partial charge on any atom is 0.301 e. The summed E-state index contributed by atoms with van der Waals surface area (Å²) >= 11 is 2.72. The molecule has 240 valence electrons. The van der Waals surface area contributed by atoms with Gasteiger partial charge in [0.25, 0.3) is 5.78 Å². The van der Waals surface area contributed by atoms with Crippen molar-refractivity contribution < 1.29 is 28.9 Å². The normalized spacial score (nSPS) is 15.7. The molecule has 0 radical (unpaired) electrons. The third-order valence-electron chi connectivity index (χ3n) is 7.69. The van der Waals surface area contributed by atoms with Crippen LogP contribution in [0.1, 0.15) is 43.0 Å². The van der Waals surface area contributed by atoms with E-state index in [2.05, 4.69) is 34.5 Å². The molecular formula is C36H33N3O6S2. The highest BCUT2D eigenvalue weighted by molar-refractivity contribution is 8.00. The molecule has 4 aromatic carbocycles. The molecule has 47 heavy (non-hydrogen) atoms. The zero-order valence-electron chi connectivity index (χ0n) is 26.1. The van der Waals surface area contributed by atoms with Gasteiger partial charge in [-0.1, -0.05) is 78.6 Å². The van der Waals surface area contributed by atoms with Crippen LogP contribution in [0, 0.1) is 0 Å². The number of aliphatic hydroxyl groups is 1. The van der Waals surface area contributed by atoms with Crippen LogP contribution in [0.2, 0.25) is 0 Å². The Hall–Kier alpha value is -4.87. The van der Waals surface area contributed by atoms with Gasteiger partial charge in [-0.15, -0.1) is 10.2 Å². The van der Waals surface area contributed by atoms with Crippen molar-refractivity contribution in [3.8, 4) is 17.2 Å². The van der Waals surface area contributed by atoms with Gasteiger partial charge in [-0.25, -0.2) is 0 Å². The van der Waals surface area contributed by atoms with E-state index in [0.29, 0.717) is 51.7 Å². The van der Waals surface area contributed by atoms with Crippen LogP contribution in [0.15, 0.2) is 94.8 Å². The molecule has 6 rings (SSSR count). The molecule has 1 unspecified atom stereocenters. The number of hydrogen-bond acceptors (Lipinski definition) is 10. The second-order valence-electron chi connectivity index (χ2n) is 10.7. The van der Waals surface area contributed by atoms with Crippen LogP contribution in [0.4, 0.5) is 5.13 Å². The number of fused-ring (bicyclic) bond motifs is 1. The molecule has 0 saturated carbocycles. The number of Topliss-reactive ketones (excluding diaryl/α,β-unsaturated/α-hetero) is 1. The van der Waals surface area contributed by atoms with Gasteiger partial charge in [-0.3, -0.25) is 14.5 Å². The van der Waals surface area contributed by atoms with Gasteiger partial charge in [0.15, 0.2) is 15.8 Å². The van der Waals surface area contributed by atoms with Crippen LogP contribution >= 0.6 is 23.1 Å². The average Bonchev–Trinajstić information content (AvgIpc) is 3.68. The molecule has 0 bridgehead atoms. The monoisotopic (exact) mass is 667 g/mol. The fraction of sp³-hybridized carbons (Fsp3) is 0.222. The summed E-state index contributed by atoms with van der Waals surface area (Å²) in [6.45, 7) is 4.76. The molecule has 1 aromatic heterocycles. The van der Waals surface area contributed by atoms with Gasteiger partial charge in [0.2, 0.25) is 5.13 Å². The second kappa shape index (κ2) is 14.3. The summed E-state index contributed by atoms with van der Waals surface area (Å²) in [4.78, 5) is 28.8.